The lowest BCUT2D eigenvalue weighted by Gasteiger charge is -2.22. The maximum absolute atomic E-state index is 12.9. The van der Waals surface area contributed by atoms with Crippen LogP contribution < -0.4 is 9.47 Å². The zero-order valence-electron chi connectivity index (χ0n) is 15.9. The molecule has 0 fully saturated rings. The molecule has 2 aromatic carbocycles. The number of benzene rings is 2. The van der Waals surface area contributed by atoms with Crippen molar-refractivity contribution in [1.29, 1.82) is 0 Å². The van der Waals surface area contributed by atoms with Gasteiger partial charge in [0, 0.05) is 18.7 Å². The van der Waals surface area contributed by atoms with Crippen LogP contribution in [0.2, 0.25) is 0 Å². The highest BCUT2D eigenvalue weighted by Gasteiger charge is 2.26. The van der Waals surface area contributed by atoms with Gasteiger partial charge in [-0.2, -0.15) is 4.31 Å². The topological polar surface area (TPSA) is 55.8 Å². The second-order valence-corrected chi connectivity index (χ2v) is 8.74. The van der Waals surface area contributed by atoms with Gasteiger partial charge in [0.15, 0.2) is 11.5 Å². The average molecular weight is 388 g/mol. The zero-order valence-corrected chi connectivity index (χ0v) is 16.7. The molecule has 27 heavy (non-hydrogen) atoms. The first kappa shape index (κ1) is 19.5. The molecule has 0 unspecified atom stereocenters. The van der Waals surface area contributed by atoms with Crippen LogP contribution in [0.3, 0.4) is 0 Å². The molecule has 0 radical (unpaired) electrons. The molecular formula is C21H25NO4S. The lowest BCUT2D eigenvalue weighted by molar-refractivity contribution is 0.229. The third-order valence-electron chi connectivity index (χ3n) is 4.35. The van der Waals surface area contributed by atoms with Gasteiger partial charge in [-0.25, -0.2) is 8.42 Å². The van der Waals surface area contributed by atoms with E-state index in [1.807, 2.05) is 68.5 Å². The minimum Gasteiger partial charge on any atom is -0.493 e. The summed E-state index contributed by atoms with van der Waals surface area (Å²) < 4.78 is 38.8. The SMILES string of the molecule is COc1ccc2c(c1OC(C)C)C=CCN(S(=O)(=O)Cc1ccccc1)C2. The molecule has 0 spiro atoms. The molecule has 0 saturated heterocycles. The first-order valence-corrected chi connectivity index (χ1v) is 10.6. The maximum Gasteiger partial charge on any atom is 0.218 e. The van der Waals surface area contributed by atoms with Crippen molar-refractivity contribution in [1.82, 2.24) is 4.31 Å². The van der Waals surface area contributed by atoms with Crippen molar-refractivity contribution in [3.63, 3.8) is 0 Å². The molecule has 5 nitrogen and oxygen atoms in total. The summed E-state index contributed by atoms with van der Waals surface area (Å²) in [5.41, 5.74) is 2.56. The normalized spacial score (nSPS) is 14.7. The van der Waals surface area contributed by atoms with Gasteiger partial charge in [-0.3, -0.25) is 0 Å². The molecule has 3 rings (SSSR count). The van der Waals surface area contributed by atoms with Crippen molar-refractivity contribution < 1.29 is 17.9 Å². The fraction of sp³-hybridized carbons (Fsp3) is 0.333. The third-order valence-corrected chi connectivity index (χ3v) is 6.11. The molecule has 144 valence electrons. The van der Waals surface area contributed by atoms with Gasteiger partial charge in [0.25, 0.3) is 0 Å². The Labute approximate surface area is 161 Å². The van der Waals surface area contributed by atoms with E-state index >= 15 is 0 Å². The van der Waals surface area contributed by atoms with Crippen LogP contribution in [0.5, 0.6) is 11.5 Å². The molecule has 2 aromatic rings. The molecule has 0 aromatic heterocycles. The minimum atomic E-state index is -3.44. The third kappa shape index (κ3) is 4.51. The van der Waals surface area contributed by atoms with E-state index in [4.69, 9.17) is 9.47 Å². The monoisotopic (exact) mass is 387 g/mol. The van der Waals surface area contributed by atoms with Gasteiger partial charge in [0.1, 0.15) is 0 Å². The van der Waals surface area contributed by atoms with Crippen LogP contribution in [0.4, 0.5) is 0 Å². The van der Waals surface area contributed by atoms with Gasteiger partial charge < -0.3 is 9.47 Å². The fourth-order valence-corrected chi connectivity index (χ4v) is 4.53. The van der Waals surface area contributed by atoms with Crippen molar-refractivity contribution in [2.75, 3.05) is 13.7 Å². The molecule has 0 bridgehead atoms. The molecule has 0 N–H and O–H groups in total. The number of ether oxygens (including phenoxy) is 2. The number of fused-ring (bicyclic) bond motifs is 1. The van der Waals surface area contributed by atoms with Crippen molar-refractivity contribution in [2.45, 2.75) is 32.2 Å². The average Bonchev–Trinajstić information content (AvgIpc) is 2.85. The van der Waals surface area contributed by atoms with E-state index in [0.29, 0.717) is 24.6 Å². The summed E-state index contributed by atoms with van der Waals surface area (Å²) in [4.78, 5) is 0. The Kier molecular flexibility index (Phi) is 5.87. The Morgan fingerprint density at radius 3 is 2.52 bits per heavy atom. The molecular weight excluding hydrogens is 362 g/mol. The second-order valence-electron chi connectivity index (χ2n) is 6.77. The van der Waals surface area contributed by atoms with Gasteiger partial charge in [-0.05, 0) is 31.0 Å². The highest BCUT2D eigenvalue weighted by atomic mass is 32.2. The summed E-state index contributed by atoms with van der Waals surface area (Å²) in [6.07, 6.45) is 3.77. The van der Waals surface area contributed by atoms with Crippen LogP contribution in [-0.4, -0.2) is 32.5 Å². The van der Waals surface area contributed by atoms with Crippen molar-refractivity contribution in [2.24, 2.45) is 0 Å². The van der Waals surface area contributed by atoms with Crippen molar-refractivity contribution in [3.05, 3.63) is 65.2 Å². The highest BCUT2D eigenvalue weighted by Crippen LogP contribution is 2.37. The molecule has 6 heteroatoms. The van der Waals surface area contributed by atoms with Crippen LogP contribution in [0, 0.1) is 0 Å². The number of sulfonamides is 1. The van der Waals surface area contributed by atoms with E-state index in [1.165, 1.54) is 4.31 Å². The molecule has 0 amide bonds. The predicted octanol–water partition coefficient (Wildman–Crippen LogP) is 3.84. The van der Waals surface area contributed by atoms with E-state index in [-0.39, 0.29) is 11.9 Å². The zero-order chi connectivity index (χ0) is 19.4. The second kappa shape index (κ2) is 8.15. The standard InChI is InChI=1S/C21H25NO4S/c1-16(2)26-21-19-10-7-13-22(14-18(19)11-12-20(21)25-3)27(23,24)15-17-8-5-4-6-9-17/h4-12,16H,13-15H2,1-3H3. The Morgan fingerprint density at radius 2 is 1.85 bits per heavy atom. The largest absolute Gasteiger partial charge is 0.493 e. The Balaban J connectivity index is 1.92. The summed E-state index contributed by atoms with van der Waals surface area (Å²) in [7, 11) is -1.84. The lowest BCUT2D eigenvalue weighted by Crippen LogP contribution is -2.31. The Morgan fingerprint density at radius 1 is 1.11 bits per heavy atom. The summed E-state index contributed by atoms with van der Waals surface area (Å²) in [6, 6.07) is 13.0. The van der Waals surface area contributed by atoms with E-state index in [1.54, 1.807) is 7.11 Å². The van der Waals surface area contributed by atoms with Gasteiger partial charge in [0.05, 0.1) is 19.0 Å². The van der Waals surface area contributed by atoms with Crippen LogP contribution in [0.15, 0.2) is 48.5 Å². The highest BCUT2D eigenvalue weighted by molar-refractivity contribution is 7.88. The maximum atomic E-state index is 12.9. The van der Waals surface area contributed by atoms with Gasteiger partial charge >= 0.3 is 0 Å². The van der Waals surface area contributed by atoms with Gasteiger partial charge in [-0.1, -0.05) is 48.6 Å². The molecule has 0 atom stereocenters. The lowest BCUT2D eigenvalue weighted by atomic mass is 10.1. The smallest absolute Gasteiger partial charge is 0.218 e. The Hall–Kier alpha value is -2.31. The van der Waals surface area contributed by atoms with Crippen LogP contribution >= 0.6 is 0 Å². The summed E-state index contributed by atoms with van der Waals surface area (Å²) in [5, 5.41) is 0. The molecule has 1 heterocycles. The van der Waals surface area contributed by atoms with Crippen LogP contribution in [0.25, 0.3) is 6.08 Å². The molecule has 0 aliphatic carbocycles. The molecule has 1 aliphatic rings. The first-order chi connectivity index (χ1) is 12.9. The minimum absolute atomic E-state index is 0.0114. The first-order valence-electron chi connectivity index (χ1n) is 8.95. The van der Waals surface area contributed by atoms with E-state index in [9.17, 15) is 8.42 Å². The number of hydrogen-bond acceptors (Lipinski definition) is 4. The Bertz CT molecular complexity index is 921. The summed E-state index contributed by atoms with van der Waals surface area (Å²) in [5.74, 6) is 1.29. The van der Waals surface area contributed by atoms with Crippen molar-refractivity contribution >= 4 is 16.1 Å². The van der Waals surface area contributed by atoms with Crippen LogP contribution in [0.1, 0.15) is 30.5 Å². The van der Waals surface area contributed by atoms with Crippen molar-refractivity contribution in [3.8, 4) is 11.5 Å². The quantitative estimate of drug-likeness (QED) is 0.756. The fourth-order valence-electron chi connectivity index (χ4n) is 3.09. The number of nitrogens with zero attached hydrogens (tertiary/aromatic N) is 1. The van der Waals surface area contributed by atoms with E-state index in [2.05, 4.69) is 0 Å². The molecule has 1 aliphatic heterocycles. The molecule has 0 saturated carbocycles. The van der Waals surface area contributed by atoms with Gasteiger partial charge in [-0.15, -0.1) is 0 Å². The number of rotatable bonds is 6. The predicted molar refractivity (Wildman–Crippen MR) is 107 cm³/mol. The number of methoxy groups -OCH3 is 1. The van der Waals surface area contributed by atoms with E-state index < -0.39 is 10.0 Å². The van der Waals surface area contributed by atoms with E-state index in [0.717, 1.165) is 16.7 Å². The summed E-state index contributed by atoms with van der Waals surface area (Å²) in [6.45, 7) is 4.54. The van der Waals surface area contributed by atoms with Crippen LogP contribution in [-0.2, 0) is 22.3 Å². The number of hydrogen-bond donors (Lipinski definition) is 0. The van der Waals surface area contributed by atoms with Gasteiger partial charge in [0.2, 0.25) is 10.0 Å². The summed E-state index contributed by atoms with van der Waals surface area (Å²) >= 11 is 0.